The van der Waals surface area contributed by atoms with Crippen LogP contribution in [0.1, 0.15) is 12.5 Å². The molecule has 1 heterocycles. The van der Waals surface area contributed by atoms with Gasteiger partial charge in [0.25, 0.3) is 0 Å². The second-order valence-corrected chi connectivity index (χ2v) is 5.41. The van der Waals surface area contributed by atoms with Gasteiger partial charge in [-0.1, -0.05) is 36.9 Å². The van der Waals surface area contributed by atoms with Gasteiger partial charge in [-0.05, 0) is 40.1 Å². The predicted molar refractivity (Wildman–Crippen MR) is 78.0 cm³/mol. The molecule has 1 aromatic rings. The van der Waals surface area contributed by atoms with Crippen LogP contribution in [0.5, 0.6) is 0 Å². The third-order valence-corrected chi connectivity index (χ3v) is 3.78. The molecule has 0 amide bonds. The highest BCUT2D eigenvalue weighted by molar-refractivity contribution is 9.12. The first kappa shape index (κ1) is 15.8. The van der Waals surface area contributed by atoms with Gasteiger partial charge < -0.3 is 0 Å². The minimum absolute atomic E-state index is 0.0223. The van der Waals surface area contributed by atoms with Crippen LogP contribution in [0.15, 0.2) is 58.7 Å². The predicted octanol–water partition coefficient (Wildman–Crippen LogP) is 5.38. The van der Waals surface area contributed by atoms with E-state index >= 15 is 0 Å². The van der Waals surface area contributed by atoms with Crippen molar-refractivity contribution in [3.63, 3.8) is 0 Å². The van der Waals surface area contributed by atoms with Crippen LogP contribution in [-0.2, 0) is 0 Å². The average molecular weight is 362 g/mol. The summed E-state index contributed by atoms with van der Waals surface area (Å²) in [7, 11) is 0. The fourth-order valence-electron chi connectivity index (χ4n) is 2.14. The smallest absolute Gasteiger partial charge is 0.276 e. The van der Waals surface area contributed by atoms with Crippen LogP contribution in [0.2, 0.25) is 0 Å². The van der Waals surface area contributed by atoms with Crippen molar-refractivity contribution in [2.24, 2.45) is 0 Å². The van der Waals surface area contributed by atoms with Gasteiger partial charge in [0.15, 0.2) is 0 Å². The molecule has 1 aliphatic rings. The summed E-state index contributed by atoms with van der Waals surface area (Å²) < 4.78 is 53.9. The Bertz CT molecular complexity index is 620. The molecule has 1 aromatic carbocycles. The molecule has 0 spiro atoms. The maximum Gasteiger partial charge on any atom is 0.390 e. The summed E-state index contributed by atoms with van der Waals surface area (Å²) in [5, 5.41) is 0. The van der Waals surface area contributed by atoms with E-state index in [2.05, 4.69) is 22.5 Å². The number of rotatable bonds is 3. The topological polar surface area (TPSA) is 3.24 Å². The van der Waals surface area contributed by atoms with Gasteiger partial charge in [0, 0.05) is 4.48 Å². The molecule has 0 aromatic heterocycles. The number of allylic oxidation sites excluding steroid dienone is 3. The van der Waals surface area contributed by atoms with Crippen molar-refractivity contribution in [3.8, 4) is 0 Å². The van der Waals surface area contributed by atoms with Crippen molar-refractivity contribution in [1.29, 1.82) is 0 Å². The number of benzene rings is 1. The second kappa shape index (κ2) is 5.67. The van der Waals surface area contributed by atoms with Crippen LogP contribution in [0.3, 0.4) is 0 Å². The van der Waals surface area contributed by atoms with Crippen molar-refractivity contribution in [1.82, 2.24) is 4.90 Å². The molecule has 21 heavy (non-hydrogen) atoms. The Morgan fingerprint density at radius 1 is 1.19 bits per heavy atom. The normalized spacial score (nSPS) is 16.6. The zero-order valence-corrected chi connectivity index (χ0v) is 12.7. The van der Waals surface area contributed by atoms with Gasteiger partial charge in [0.05, 0.1) is 11.4 Å². The van der Waals surface area contributed by atoms with E-state index in [1.165, 1.54) is 0 Å². The van der Waals surface area contributed by atoms with Gasteiger partial charge in [-0.2, -0.15) is 8.78 Å². The van der Waals surface area contributed by atoms with Crippen molar-refractivity contribution in [3.05, 3.63) is 64.3 Å². The van der Waals surface area contributed by atoms with E-state index in [1.54, 1.807) is 43.3 Å². The molecule has 6 heteroatoms. The molecule has 1 aliphatic heterocycles. The van der Waals surface area contributed by atoms with Crippen molar-refractivity contribution >= 4 is 21.6 Å². The molecule has 0 atom stereocenters. The van der Waals surface area contributed by atoms with Crippen molar-refractivity contribution in [2.45, 2.75) is 19.4 Å². The summed E-state index contributed by atoms with van der Waals surface area (Å²) in [5.41, 5.74) is 0.687. The number of nitrogens with zero attached hydrogens (tertiary/aromatic N) is 1. The van der Waals surface area contributed by atoms with Crippen molar-refractivity contribution in [2.75, 3.05) is 0 Å². The zero-order chi connectivity index (χ0) is 15.8. The van der Waals surface area contributed by atoms with E-state index in [-0.39, 0.29) is 15.9 Å². The van der Waals surface area contributed by atoms with E-state index in [4.69, 9.17) is 0 Å². The van der Waals surface area contributed by atoms with E-state index in [9.17, 15) is 17.6 Å². The Labute approximate surface area is 128 Å². The summed E-state index contributed by atoms with van der Waals surface area (Å²) in [6.07, 6.45) is -2.25. The molecule has 0 bridgehead atoms. The third kappa shape index (κ3) is 2.77. The van der Waals surface area contributed by atoms with Gasteiger partial charge in [0.1, 0.15) is 0 Å². The molecule has 112 valence electrons. The average Bonchev–Trinajstić information content (AvgIpc) is 2.43. The van der Waals surface area contributed by atoms with E-state index in [1.807, 2.05) is 0 Å². The maximum absolute atomic E-state index is 14.0. The first-order valence-electron chi connectivity index (χ1n) is 6.05. The van der Waals surface area contributed by atoms with E-state index in [0.717, 1.165) is 0 Å². The van der Waals surface area contributed by atoms with E-state index in [0.29, 0.717) is 16.0 Å². The largest absolute Gasteiger partial charge is 0.390 e. The Kier molecular flexibility index (Phi) is 4.27. The van der Waals surface area contributed by atoms with Gasteiger partial charge in [-0.3, -0.25) is 4.90 Å². The standard InChI is InChI=1S/C15H12BrF4N/c1-9-8-12(16)10(2)21(15(19,20)14(17)18)13(9)11-6-4-3-5-7-11/h3-8,14H,2H2,1H3. The third-order valence-electron chi connectivity index (χ3n) is 3.09. The lowest BCUT2D eigenvalue weighted by Crippen LogP contribution is -2.46. The molecule has 1 nitrogen and oxygen atoms in total. The van der Waals surface area contributed by atoms with Crippen LogP contribution in [-0.4, -0.2) is 17.4 Å². The van der Waals surface area contributed by atoms with Gasteiger partial charge in [-0.25, -0.2) is 8.78 Å². The first-order valence-corrected chi connectivity index (χ1v) is 6.85. The Hall–Kier alpha value is -1.56. The first-order chi connectivity index (χ1) is 9.76. The molecule has 0 fully saturated rings. The lowest BCUT2D eigenvalue weighted by atomic mass is 10.0. The summed E-state index contributed by atoms with van der Waals surface area (Å²) in [6.45, 7) is 5.09. The summed E-state index contributed by atoms with van der Waals surface area (Å²) in [5.74, 6) is 0. The summed E-state index contributed by atoms with van der Waals surface area (Å²) >= 11 is 3.08. The minimum atomic E-state index is -4.35. The molecule has 2 rings (SSSR count). The molecule has 0 N–H and O–H groups in total. The molecule has 0 unspecified atom stereocenters. The van der Waals surface area contributed by atoms with Crippen LogP contribution in [0.4, 0.5) is 17.6 Å². The highest BCUT2D eigenvalue weighted by Gasteiger charge is 2.50. The minimum Gasteiger partial charge on any atom is -0.276 e. The molecule has 0 saturated heterocycles. The zero-order valence-electron chi connectivity index (χ0n) is 11.1. The Balaban J connectivity index is 2.66. The Morgan fingerprint density at radius 2 is 1.76 bits per heavy atom. The maximum atomic E-state index is 14.0. The quantitative estimate of drug-likeness (QED) is 0.515. The van der Waals surface area contributed by atoms with Crippen LogP contribution < -0.4 is 0 Å². The summed E-state index contributed by atoms with van der Waals surface area (Å²) in [4.78, 5) is 0.298. The van der Waals surface area contributed by atoms with Gasteiger partial charge in [0.2, 0.25) is 0 Å². The SMILES string of the molecule is C=C1C(Br)=CC(C)=C(c2ccccc2)N1C(F)(F)C(F)F. The molecular weight excluding hydrogens is 350 g/mol. The van der Waals surface area contributed by atoms with E-state index < -0.39 is 12.5 Å². The highest BCUT2D eigenvalue weighted by atomic mass is 79.9. The highest BCUT2D eigenvalue weighted by Crippen LogP contribution is 2.44. The van der Waals surface area contributed by atoms with Gasteiger partial charge >= 0.3 is 12.5 Å². The summed E-state index contributed by atoms with van der Waals surface area (Å²) in [6, 6.07) is 3.87. The monoisotopic (exact) mass is 361 g/mol. The van der Waals surface area contributed by atoms with Crippen molar-refractivity contribution < 1.29 is 17.6 Å². The van der Waals surface area contributed by atoms with Crippen LogP contribution >= 0.6 is 15.9 Å². The number of alkyl halides is 4. The lowest BCUT2D eigenvalue weighted by molar-refractivity contribution is -0.195. The van der Waals surface area contributed by atoms with Crippen LogP contribution in [0.25, 0.3) is 5.70 Å². The molecule has 0 radical (unpaired) electrons. The Morgan fingerprint density at radius 3 is 2.29 bits per heavy atom. The molecule has 0 saturated carbocycles. The second-order valence-electron chi connectivity index (χ2n) is 4.56. The van der Waals surface area contributed by atoms with Crippen LogP contribution in [0, 0.1) is 0 Å². The lowest BCUT2D eigenvalue weighted by Gasteiger charge is -2.38. The fourth-order valence-corrected chi connectivity index (χ4v) is 2.66. The fraction of sp³-hybridized carbons (Fsp3) is 0.200. The van der Waals surface area contributed by atoms with Gasteiger partial charge in [-0.15, -0.1) is 0 Å². The number of halogens is 5. The number of hydrogen-bond donors (Lipinski definition) is 0. The molecular formula is C15H12BrF4N. The number of hydrogen-bond acceptors (Lipinski definition) is 1. The molecule has 0 aliphatic carbocycles.